The summed E-state index contributed by atoms with van der Waals surface area (Å²) in [4.78, 5) is 20.4. The molecule has 6 nitrogen and oxygen atoms in total. The summed E-state index contributed by atoms with van der Waals surface area (Å²) in [5, 5.41) is 9.27. The molecular weight excluding hydrogens is 266 g/mol. The summed E-state index contributed by atoms with van der Waals surface area (Å²) in [5.41, 5.74) is 0. The van der Waals surface area contributed by atoms with E-state index >= 15 is 0 Å². The van der Waals surface area contributed by atoms with Gasteiger partial charge in [0.1, 0.15) is 17.5 Å². The summed E-state index contributed by atoms with van der Waals surface area (Å²) < 4.78 is 0. The van der Waals surface area contributed by atoms with Crippen molar-refractivity contribution in [3.05, 3.63) is 11.9 Å². The predicted molar refractivity (Wildman–Crippen MR) is 86.5 cm³/mol. The average molecular weight is 293 g/mol. The summed E-state index contributed by atoms with van der Waals surface area (Å²) >= 11 is 0. The normalized spacial score (nSPS) is 10.5. The fourth-order valence-corrected chi connectivity index (χ4v) is 1.73. The smallest absolute Gasteiger partial charge is 0.221 e. The van der Waals surface area contributed by atoms with Gasteiger partial charge in [0.2, 0.25) is 5.91 Å². The van der Waals surface area contributed by atoms with Crippen LogP contribution in [0.4, 0.5) is 11.6 Å². The molecule has 0 unspecified atom stereocenters. The molecule has 0 spiro atoms. The van der Waals surface area contributed by atoms with E-state index in [1.807, 2.05) is 19.9 Å². The maximum Gasteiger partial charge on any atom is 0.221 e. The first-order chi connectivity index (χ1) is 10.0. The maximum absolute atomic E-state index is 11.6. The molecule has 21 heavy (non-hydrogen) atoms. The predicted octanol–water partition coefficient (Wildman–Crippen LogP) is 2.04. The van der Waals surface area contributed by atoms with Crippen LogP contribution in [0.5, 0.6) is 0 Å². The molecule has 0 aliphatic rings. The molecular formula is C15H27N5O. The zero-order valence-corrected chi connectivity index (χ0v) is 13.5. The Morgan fingerprint density at radius 2 is 1.86 bits per heavy atom. The van der Waals surface area contributed by atoms with Crippen LogP contribution in [0.3, 0.4) is 0 Å². The number of amides is 1. The molecule has 0 aliphatic carbocycles. The number of hydrogen-bond donors (Lipinski definition) is 3. The minimum atomic E-state index is 0.0628. The van der Waals surface area contributed by atoms with Gasteiger partial charge in [-0.3, -0.25) is 4.79 Å². The van der Waals surface area contributed by atoms with Crippen LogP contribution < -0.4 is 16.0 Å². The molecule has 0 saturated heterocycles. The molecule has 1 heterocycles. The summed E-state index contributed by atoms with van der Waals surface area (Å²) in [7, 11) is 0. The third kappa shape index (κ3) is 6.92. The number of rotatable bonds is 9. The van der Waals surface area contributed by atoms with Crippen molar-refractivity contribution in [2.45, 2.75) is 40.5 Å². The maximum atomic E-state index is 11.6. The third-order valence-corrected chi connectivity index (χ3v) is 2.81. The third-order valence-electron chi connectivity index (χ3n) is 2.81. The van der Waals surface area contributed by atoms with Gasteiger partial charge in [0.15, 0.2) is 0 Å². The van der Waals surface area contributed by atoms with Gasteiger partial charge in [0.05, 0.1) is 0 Å². The summed E-state index contributed by atoms with van der Waals surface area (Å²) in [6, 6.07) is 1.87. The Morgan fingerprint density at radius 1 is 1.19 bits per heavy atom. The van der Waals surface area contributed by atoms with Crippen molar-refractivity contribution < 1.29 is 4.79 Å². The van der Waals surface area contributed by atoms with Crippen LogP contribution in [0.1, 0.15) is 39.9 Å². The lowest BCUT2D eigenvalue weighted by molar-refractivity contribution is -0.120. The number of aromatic nitrogens is 2. The summed E-state index contributed by atoms with van der Waals surface area (Å²) in [6.45, 7) is 10.3. The molecule has 0 saturated carbocycles. The van der Waals surface area contributed by atoms with E-state index in [0.717, 1.165) is 37.0 Å². The summed E-state index contributed by atoms with van der Waals surface area (Å²) in [6.07, 6.45) is 1.22. The lowest BCUT2D eigenvalue weighted by Crippen LogP contribution is -2.28. The number of anilines is 2. The molecule has 6 heteroatoms. The standard InChI is InChI=1S/C15H27N5O/c1-5-12-19-13(16-6-2)9-14(20-12)17-8-7-15(21)18-10-11(3)4/h9,11H,5-8,10H2,1-4H3,(H,18,21)(H2,16,17,19,20). The van der Waals surface area contributed by atoms with E-state index in [9.17, 15) is 4.79 Å². The van der Waals surface area contributed by atoms with Crippen LogP contribution in [0, 0.1) is 5.92 Å². The van der Waals surface area contributed by atoms with Crippen molar-refractivity contribution in [1.29, 1.82) is 0 Å². The Labute approximate surface area is 127 Å². The first kappa shape index (κ1) is 17.2. The molecule has 0 fully saturated rings. The topological polar surface area (TPSA) is 78.9 Å². The molecule has 0 bridgehead atoms. The molecule has 0 radical (unpaired) electrons. The van der Waals surface area contributed by atoms with Crippen LogP contribution in [0.2, 0.25) is 0 Å². The fourth-order valence-electron chi connectivity index (χ4n) is 1.73. The Morgan fingerprint density at radius 3 is 2.43 bits per heavy atom. The number of hydrogen-bond acceptors (Lipinski definition) is 5. The second-order valence-electron chi connectivity index (χ2n) is 5.31. The Balaban J connectivity index is 2.47. The van der Waals surface area contributed by atoms with Crippen molar-refractivity contribution in [2.75, 3.05) is 30.3 Å². The van der Waals surface area contributed by atoms with E-state index in [1.54, 1.807) is 0 Å². The van der Waals surface area contributed by atoms with Gasteiger partial charge < -0.3 is 16.0 Å². The molecule has 0 atom stereocenters. The van der Waals surface area contributed by atoms with E-state index < -0.39 is 0 Å². The van der Waals surface area contributed by atoms with Crippen LogP contribution in [-0.4, -0.2) is 35.5 Å². The van der Waals surface area contributed by atoms with E-state index in [0.29, 0.717) is 18.9 Å². The zero-order valence-electron chi connectivity index (χ0n) is 13.5. The van der Waals surface area contributed by atoms with Crippen molar-refractivity contribution >= 4 is 17.5 Å². The molecule has 1 amide bonds. The Kier molecular flexibility index (Phi) is 7.50. The fraction of sp³-hybridized carbons (Fsp3) is 0.667. The number of nitrogens with zero attached hydrogens (tertiary/aromatic N) is 2. The first-order valence-corrected chi connectivity index (χ1v) is 7.67. The molecule has 1 rings (SSSR count). The highest BCUT2D eigenvalue weighted by Gasteiger charge is 2.05. The van der Waals surface area contributed by atoms with Gasteiger partial charge in [-0.2, -0.15) is 0 Å². The van der Waals surface area contributed by atoms with Gasteiger partial charge in [0.25, 0.3) is 0 Å². The largest absolute Gasteiger partial charge is 0.370 e. The van der Waals surface area contributed by atoms with Crippen LogP contribution in [-0.2, 0) is 11.2 Å². The van der Waals surface area contributed by atoms with Crippen molar-refractivity contribution in [3.63, 3.8) is 0 Å². The number of aryl methyl sites for hydroxylation is 1. The van der Waals surface area contributed by atoms with E-state index in [4.69, 9.17) is 0 Å². The molecule has 1 aromatic rings. The molecule has 3 N–H and O–H groups in total. The number of carbonyl (C=O) groups is 1. The van der Waals surface area contributed by atoms with Crippen molar-refractivity contribution in [2.24, 2.45) is 5.92 Å². The molecule has 0 aliphatic heterocycles. The minimum Gasteiger partial charge on any atom is -0.370 e. The molecule has 1 aromatic heterocycles. The van der Waals surface area contributed by atoms with E-state index in [-0.39, 0.29) is 5.91 Å². The summed E-state index contributed by atoms with van der Waals surface area (Å²) in [5.74, 6) is 2.90. The lowest BCUT2D eigenvalue weighted by Gasteiger charge is -2.11. The van der Waals surface area contributed by atoms with Crippen molar-refractivity contribution in [1.82, 2.24) is 15.3 Å². The highest BCUT2D eigenvalue weighted by molar-refractivity contribution is 5.76. The lowest BCUT2D eigenvalue weighted by atomic mass is 10.2. The Hall–Kier alpha value is -1.85. The van der Waals surface area contributed by atoms with Gasteiger partial charge in [-0.1, -0.05) is 20.8 Å². The molecule has 118 valence electrons. The van der Waals surface area contributed by atoms with Gasteiger partial charge in [0, 0.05) is 38.5 Å². The van der Waals surface area contributed by atoms with E-state index in [1.165, 1.54) is 0 Å². The monoisotopic (exact) mass is 293 g/mol. The van der Waals surface area contributed by atoms with Crippen LogP contribution in [0.15, 0.2) is 6.07 Å². The second kappa shape index (κ2) is 9.15. The first-order valence-electron chi connectivity index (χ1n) is 7.67. The second-order valence-corrected chi connectivity index (χ2v) is 5.31. The quantitative estimate of drug-likeness (QED) is 0.649. The SMILES string of the molecule is CCNc1cc(NCCC(=O)NCC(C)C)nc(CC)n1. The number of carbonyl (C=O) groups excluding carboxylic acids is 1. The van der Waals surface area contributed by atoms with Gasteiger partial charge in [-0.05, 0) is 12.8 Å². The highest BCUT2D eigenvalue weighted by Crippen LogP contribution is 2.11. The minimum absolute atomic E-state index is 0.0628. The average Bonchev–Trinajstić information content (AvgIpc) is 2.45. The van der Waals surface area contributed by atoms with Gasteiger partial charge in [-0.25, -0.2) is 9.97 Å². The van der Waals surface area contributed by atoms with Crippen LogP contribution in [0.25, 0.3) is 0 Å². The molecule has 0 aromatic carbocycles. The number of nitrogens with one attached hydrogen (secondary N) is 3. The van der Waals surface area contributed by atoms with E-state index in [2.05, 4.69) is 39.8 Å². The Bertz CT molecular complexity index is 448. The van der Waals surface area contributed by atoms with Crippen LogP contribution >= 0.6 is 0 Å². The van der Waals surface area contributed by atoms with Crippen molar-refractivity contribution in [3.8, 4) is 0 Å². The van der Waals surface area contributed by atoms with Gasteiger partial charge in [-0.15, -0.1) is 0 Å². The van der Waals surface area contributed by atoms with Gasteiger partial charge >= 0.3 is 0 Å². The zero-order chi connectivity index (χ0) is 15.7. The highest BCUT2D eigenvalue weighted by atomic mass is 16.1.